The predicted octanol–water partition coefficient (Wildman–Crippen LogP) is 5.71. The topological polar surface area (TPSA) is 98.3 Å². The highest BCUT2D eigenvalue weighted by Crippen LogP contribution is 2.36. The molecule has 8 nitrogen and oxygen atoms in total. The zero-order valence-electron chi connectivity index (χ0n) is 21.1. The highest BCUT2D eigenvalue weighted by molar-refractivity contribution is 9.10. The maximum atomic E-state index is 12.8. The van der Waals surface area contributed by atoms with Crippen LogP contribution in [-0.4, -0.2) is 38.9 Å². The molecule has 0 saturated heterocycles. The lowest BCUT2D eigenvalue weighted by Gasteiger charge is -2.13. The Labute approximate surface area is 228 Å². The van der Waals surface area contributed by atoms with Gasteiger partial charge in [0.1, 0.15) is 5.75 Å². The van der Waals surface area contributed by atoms with Crippen molar-refractivity contribution in [3.63, 3.8) is 0 Å². The summed E-state index contributed by atoms with van der Waals surface area (Å²) >= 11 is 3.46. The van der Waals surface area contributed by atoms with E-state index in [4.69, 9.17) is 14.2 Å². The average molecular weight is 576 g/mol. The molecule has 2 N–H and O–H groups in total. The Morgan fingerprint density at radius 1 is 0.921 bits per heavy atom. The molecule has 0 bridgehead atoms. The second-order valence-electron chi connectivity index (χ2n) is 8.34. The molecule has 0 unspecified atom stereocenters. The molecule has 38 heavy (non-hydrogen) atoms. The molecule has 4 aromatic carbocycles. The Kier molecular flexibility index (Phi) is 8.60. The second kappa shape index (κ2) is 12.2. The second-order valence-corrected chi connectivity index (χ2v) is 9.19. The van der Waals surface area contributed by atoms with E-state index in [9.17, 15) is 9.59 Å². The molecule has 0 aliphatic heterocycles. The zero-order chi connectivity index (χ0) is 27.1. The molecule has 9 heteroatoms. The lowest BCUT2D eigenvalue weighted by molar-refractivity contribution is -0.118. The van der Waals surface area contributed by atoms with Crippen LogP contribution in [0.2, 0.25) is 0 Å². The molecule has 0 radical (unpaired) electrons. The first-order chi connectivity index (χ1) is 18.4. The van der Waals surface area contributed by atoms with Gasteiger partial charge in [0.2, 0.25) is 0 Å². The van der Waals surface area contributed by atoms with E-state index in [1.165, 1.54) is 20.4 Å². The van der Waals surface area contributed by atoms with Gasteiger partial charge >= 0.3 is 0 Å². The van der Waals surface area contributed by atoms with Crippen LogP contribution in [-0.2, 0) is 4.79 Å². The van der Waals surface area contributed by atoms with E-state index >= 15 is 0 Å². The highest BCUT2D eigenvalue weighted by atomic mass is 79.9. The molecular weight excluding hydrogens is 550 g/mol. The third-order valence-corrected chi connectivity index (χ3v) is 6.22. The Morgan fingerprint density at radius 2 is 1.61 bits per heavy atom. The number of benzene rings is 4. The summed E-state index contributed by atoms with van der Waals surface area (Å²) in [5, 5.41) is 8.76. The summed E-state index contributed by atoms with van der Waals surface area (Å²) in [4.78, 5) is 25.1. The Hall–Kier alpha value is -4.37. The molecule has 2 amide bonds. The number of fused-ring (bicyclic) bond motifs is 1. The number of aryl methyl sites for hydroxylation is 1. The van der Waals surface area contributed by atoms with E-state index in [-0.39, 0.29) is 12.5 Å². The van der Waals surface area contributed by atoms with Gasteiger partial charge in [-0.15, -0.1) is 0 Å². The van der Waals surface area contributed by atoms with Gasteiger partial charge in [-0.25, -0.2) is 5.43 Å². The van der Waals surface area contributed by atoms with Crippen molar-refractivity contribution >= 4 is 50.4 Å². The van der Waals surface area contributed by atoms with E-state index < -0.39 is 5.91 Å². The molecule has 4 aromatic rings. The first-order valence-electron chi connectivity index (χ1n) is 11.6. The standard InChI is InChI=1S/C29H26BrN3O5/c1-18-8-10-22(11-9-18)32-27(34)17-38-28-24(30)12-19(13-26(28)37-3)16-31-33-29(35)23-14-20-6-4-5-7-21(20)15-25(23)36-2/h4-16H,17H2,1-3H3,(H,32,34)(H,33,35)/b31-16-. The van der Waals surface area contributed by atoms with Crippen LogP contribution in [0.25, 0.3) is 10.8 Å². The molecule has 0 aliphatic carbocycles. The zero-order valence-corrected chi connectivity index (χ0v) is 22.7. The SMILES string of the molecule is COc1cc2ccccc2cc1C(=O)N/N=C\c1cc(Br)c(OCC(=O)Nc2ccc(C)cc2)c(OC)c1. The van der Waals surface area contributed by atoms with Crippen molar-refractivity contribution < 1.29 is 23.8 Å². The predicted molar refractivity (Wildman–Crippen MR) is 152 cm³/mol. The van der Waals surface area contributed by atoms with Crippen LogP contribution in [0.5, 0.6) is 17.2 Å². The number of nitrogens with zero attached hydrogens (tertiary/aromatic N) is 1. The first kappa shape index (κ1) is 26.7. The van der Waals surface area contributed by atoms with Gasteiger partial charge < -0.3 is 19.5 Å². The summed E-state index contributed by atoms with van der Waals surface area (Å²) in [5.41, 5.74) is 5.33. The molecule has 0 aliphatic rings. The molecule has 0 fully saturated rings. The van der Waals surface area contributed by atoms with Crippen LogP contribution in [0.4, 0.5) is 5.69 Å². The number of halogens is 1. The summed E-state index contributed by atoms with van der Waals surface area (Å²) < 4.78 is 17.1. The van der Waals surface area contributed by atoms with E-state index in [1.807, 2.05) is 61.5 Å². The van der Waals surface area contributed by atoms with E-state index in [0.717, 1.165) is 16.3 Å². The van der Waals surface area contributed by atoms with Crippen LogP contribution < -0.4 is 25.0 Å². The average Bonchev–Trinajstić information content (AvgIpc) is 2.92. The molecule has 0 heterocycles. The molecule has 0 saturated carbocycles. The number of hydrazone groups is 1. The van der Waals surface area contributed by atoms with Gasteiger partial charge in [-0.1, -0.05) is 42.0 Å². The number of hydrogen-bond acceptors (Lipinski definition) is 6. The Balaban J connectivity index is 1.42. The molecule has 194 valence electrons. The van der Waals surface area contributed by atoms with Gasteiger partial charge in [0.25, 0.3) is 11.8 Å². The number of carbonyl (C=O) groups excluding carboxylic acids is 2. The van der Waals surface area contributed by atoms with Crippen LogP contribution in [0.3, 0.4) is 0 Å². The van der Waals surface area contributed by atoms with Gasteiger partial charge in [-0.05, 0) is 75.6 Å². The number of methoxy groups -OCH3 is 2. The molecule has 0 aromatic heterocycles. The summed E-state index contributed by atoms with van der Waals surface area (Å²) in [6.07, 6.45) is 1.48. The van der Waals surface area contributed by atoms with E-state index in [1.54, 1.807) is 18.2 Å². The smallest absolute Gasteiger partial charge is 0.275 e. The van der Waals surface area contributed by atoms with Crippen molar-refractivity contribution in [3.8, 4) is 17.2 Å². The monoisotopic (exact) mass is 575 g/mol. The summed E-state index contributed by atoms with van der Waals surface area (Å²) in [7, 11) is 3.01. The van der Waals surface area contributed by atoms with Crippen molar-refractivity contribution in [2.45, 2.75) is 6.92 Å². The van der Waals surface area contributed by atoms with Crippen LogP contribution >= 0.6 is 15.9 Å². The van der Waals surface area contributed by atoms with Crippen molar-refractivity contribution in [2.75, 3.05) is 26.1 Å². The van der Waals surface area contributed by atoms with Gasteiger partial charge in [0, 0.05) is 5.69 Å². The Morgan fingerprint density at radius 3 is 2.29 bits per heavy atom. The van der Waals surface area contributed by atoms with E-state index in [0.29, 0.717) is 38.5 Å². The summed E-state index contributed by atoms with van der Waals surface area (Å²) in [5.74, 6) is 0.503. The summed E-state index contributed by atoms with van der Waals surface area (Å²) in [6, 6.07) is 22.2. The number of rotatable bonds is 9. The number of carbonyl (C=O) groups is 2. The summed E-state index contributed by atoms with van der Waals surface area (Å²) in [6.45, 7) is 1.77. The van der Waals surface area contributed by atoms with Gasteiger partial charge in [-0.2, -0.15) is 5.10 Å². The number of ether oxygens (including phenoxy) is 3. The molecule has 4 rings (SSSR count). The van der Waals surface area contributed by atoms with Crippen molar-refractivity contribution in [1.82, 2.24) is 5.43 Å². The van der Waals surface area contributed by atoms with Crippen molar-refractivity contribution in [2.24, 2.45) is 5.10 Å². The number of amides is 2. The van der Waals surface area contributed by atoms with Crippen molar-refractivity contribution in [3.05, 3.63) is 94.0 Å². The third kappa shape index (κ3) is 6.49. The fraction of sp³-hybridized carbons (Fsp3) is 0.138. The fourth-order valence-electron chi connectivity index (χ4n) is 3.72. The maximum Gasteiger partial charge on any atom is 0.275 e. The highest BCUT2D eigenvalue weighted by Gasteiger charge is 2.15. The fourth-order valence-corrected chi connectivity index (χ4v) is 4.29. The maximum absolute atomic E-state index is 12.8. The quantitative estimate of drug-likeness (QED) is 0.197. The van der Waals surface area contributed by atoms with E-state index in [2.05, 4.69) is 31.8 Å². The van der Waals surface area contributed by atoms with Crippen LogP contribution in [0, 0.1) is 6.92 Å². The molecular formula is C29H26BrN3O5. The number of anilines is 1. The third-order valence-electron chi connectivity index (χ3n) is 5.63. The van der Waals surface area contributed by atoms with Crippen LogP contribution in [0.1, 0.15) is 21.5 Å². The van der Waals surface area contributed by atoms with Crippen molar-refractivity contribution in [1.29, 1.82) is 0 Å². The normalized spacial score (nSPS) is 10.8. The minimum absolute atomic E-state index is 0.208. The molecule has 0 atom stereocenters. The Bertz CT molecular complexity index is 1500. The lowest BCUT2D eigenvalue weighted by atomic mass is 10.1. The number of nitrogens with one attached hydrogen (secondary N) is 2. The van der Waals surface area contributed by atoms with Crippen LogP contribution in [0.15, 0.2) is 82.4 Å². The van der Waals surface area contributed by atoms with Gasteiger partial charge in [0.05, 0.1) is 30.5 Å². The minimum atomic E-state index is -0.408. The lowest BCUT2D eigenvalue weighted by Crippen LogP contribution is -2.20. The largest absolute Gasteiger partial charge is 0.496 e. The number of hydrogen-bond donors (Lipinski definition) is 2. The first-order valence-corrected chi connectivity index (χ1v) is 12.4. The van der Waals surface area contributed by atoms with Gasteiger partial charge in [0.15, 0.2) is 18.1 Å². The molecule has 0 spiro atoms. The minimum Gasteiger partial charge on any atom is -0.496 e. The van der Waals surface area contributed by atoms with Gasteiger partial charge in [-0.3, -0.25) is 9.59 Å².